The Morgan fingerprint density at radius 1 is 1.42 bits per heavy atom. The largest absolute Gasteiger partial charge is 0.349 e. The average molecular weight is 283 g/mol. The van der Waals surface area contributed by atoms with E-state index >= 15 is 0 Å². The summed E-state index contributed by atoms with van der Waals surface area (Å²) in [5, 5.41) is 3.40. The summed E-state index contributed by atoms with van der Waals surface area (Å²) < 4.78 is 0. The number of amides is 1. The molecule has 2 heterocycles. The van der Waals surface area contributed by atoms with Crippen LogP contribution < -0.4 is 5.32 Å². The summed E-state index contributed by atoms with van der Waals surface area (Å²) in [6, 6.07) is 3.23. The summed E-state index contributed by atoms with van der Waals surface area (Å²) in [7, 11) is 2.13. The van der Waals surface area contributed by atoms with Gasteiger partial charge in [-0.2, -0.15) is 0 Å². The van der Waals surface area contributed by atoms with Crippen LogP contribution in [0.25, 0.3) is 0 Å². The Bertz CT molecular complexity index is 432. The molecule has 5 nitrogen and oxygen atoms in total. The van der Waals surface area contributed by atoms with Crippen LogP contribution in [-0.4, -0.2) is 67.0 Å². The molecule has 1 aromatic rings. The minimum absolute atomic E-state index is 0.170. The number of nitrogens with one attached hydrogen (secondary N) is 1. The number of hydrogen-bond donors (Lipinski definition) is 1. The lowest BCUT2D eigenvalue weighted by Crippen LogP contribution is -2.46. The van der Waals surface area contributed by atoms with Gasteiger partial charge in [0.2, 0.25) is 0 Å². The minimum atomic E-state index is -0.170. The molecular formula is C13H19ClN4O. The molecule has 2 rings (SSSR count). The summed E-state index contributed by atoms with van der Waals surface area (Å²) >= 11 is 5.83. The smallest absolute Gasteiger partial charge is 0.269 e. The van der Waals surface area contributed by atoms with Crippen LogP contribution in [-0.2, 0) is 0 Å². The molecule has 104 valence electrons. The molecule has 6 heteroatoms. The number of nitrogens with zero attached hydrogens (tertiary/aromatic N) is 3. The molecule has 0 spiro atoms. The van der Waals surface area contributed by atoms with Crippen LogP contribution in [0.4, 0.5) is 0 Å². The number of halogens is 1. The first-order valence-corrected chi connectivity index (χ1v) is 6.83. The summed E-state index contributed by atoms with van der Waals surface area (Å²) in [5.74, 6) is -0.170. The first kappa shape index (κ1) is 14.2. The Balaban J connectivity index is 1.72. The molecule has 0 bridgehead atoms. The second-order valence-corrected chi connectivity index (χ2v) is 5.20. The molecule has 1 aliphatic heterocycles. The lowest BCUT2D eigenvalue weighted by atomic mass is 10.3. The molecule has 1 fully saturated rings. The molecule has 0 aromatic carbocycles. The number of carbonyl (C=O) groups is 1. The molecule has 1 saturated heterocycles. The fourth-order valence-electron chi connectivity index (χ4n) is 2.02. The van der Waals surface area contributed by atoms with Crippen LogP contribution in [0.3, 0.4) is 0 Å². The Labute approximate surface area is 118 Å². The Morgan fingerprint density at radius 2 is 2.16 bits per heavy atom. The van der Waals surface area contributed by atoms with E-state index in [2.05, 4.69) is 27.1 Å². The van der Waals surface area contributed by atoms with Crippen LogP contribution in [0.5, 0.6) is 0 Å². The van der Waals surface area contributed by atoms with Gasteiger partial charge in [-0.3, -0.25) is 14.7 Å². The molecule has 0 radical (unpaired) electrons. The van der Waals surface area contributed by atoms with Gasteiger partial charge in [-0.05, 0) is 19.2 Å². The molecule has 19 heavy (non-hydrogen) atoms. The Kier molecular flexibility index (Phi) is 5.13. The lowest BCUT2D eigenvalue weighted by Gasteiger charge is -2.32. The summed E-state index contributed by atoms with van der Waals surface area (Å²) in [5.41, 5.74) is 0.367. The predicted octanol–water partition coefficient (Wildman–Crippen LogP) is 0.712. The molecule has 0 aliphatic carbocycles. The van der Waals surface area contributed by atoms with Crippen molar-refractivity contribution in [3.63, 3.8) is 0 Å². The second kappa shape index (κ2) is 6.84. The maximum absolute atomic E-state index is 11.8. The minimum Gasteiger partial charge on any atom is -0.349 e. The van der Waals surface area contributed by atoms with E-state index in [1.165, 1.54) is 6.20 Å². The average Bonchev–Trinajstić information content (AvgIpc) is 2.41. The van der Waals surface area contributed by atoms with Crippen LogP contribution in [0.15, 0.2) is 18.3 Å². The number of piperazine rings is 1. The number of rotatable bonds is 4. The molecule has 1 N–H and O–H groups in total. The van der Waals surface area contributed by atoms with Gasteiger partial charge in [0.1, 0.15) is 5.69 Å². The van der Waals surface area contributed by atoms with E-state index in [0.717, 1.165) is 32.7 Å². The van der Waals surface area contributed by atoms with E-state index in [4.69, 9.17) is 11.6 Å². The van der Waals surface area contributed by atoms with E-state index in [9.17, 15) is 4.79 Å². The standard InChI is InChI=1S/C13H19ClN4O/c1-17-6-8-18(9-7-17)5-4-16-13(19)12-10-11(14)2-3-15-12/h2-3,10H,4-9H2,1H3,(H,16,19). The third-order valence-electron chi connectivity index (χ3n) is 3.26. The maximum atomic E-state index is 11.8. The molecule has 0 unspecified atom stereocenters. The third-order valence-corrected chi connectivity index (χ3v) is 3.50. The van der Waals surface area contributed by atoms with Crippen LogP contribution >= 0.6 is 11.6 Å². The van der Waals surface area contributed by atoms with Gasteiger partial charge in [0.25, 0.3) is 5.91 Å². The second-order valence-electron chi connectivity index (χ2n) is 4.76. The monoisotopic (exact) mass is 282 g/mol. The highest BCUT2D eigenvalue weighted by atomic mass is 35.5. The van der Waals surface area contributed by atoms with Crippen molar-refractivity contribution in [2.24, 2.45) is 0 Å². The molecule has 1 amide bonds. The van der Waals surface area contributed by atoms with Crippen molar-refractivity contribution in [3.05, 3.63) is 29.0 Å². The molecular weight excluding hydrogens is 264 g/mol. The number of carbonyl (C=O) groups excluding carboxylic acids is 1. The van der Waals surface area contributed by atoms with E-state index in [1.54, 1.807) is 12.1 Å². The van der Waals surface area contributed by atoms with Crippen molar-refractivity contribution in [2.75, 3.05) is 46.3 Å². The van der Waals surface area contributed by atoms with Gasteiger partial charge in [-0.1, -0.05) is 11.6 Å². The lowest BCUT2D eigenvalue weighted by molar-refractivity contribution is 0.0936. The number of pyridine rings is 1. The van der Waals surface area contributed by atoms with Crippen LogP contribution in [0.1, 0.15) is 10.5 Å². The fraction of sp³-hybridized carbons (Fsp3) is 0.538. The topological polar surface area (TPSA) is 48.5 Å². The number of aromatic nitrogens is 1. The van der Waals surface area contributed by atoms with Gasteiger partial charge in [0.15, 0.2) is 0 Å². The van der Waals surface area contributed by atoms with Gasteiger partial charge in [-0.25, -0.2) is 0 Å². The van der Waals surface area contributed by atoms with Crippen molar-refractivity contribution in [1.29, 1.82) is 0 Å². The SMILES string of the molecule is CN1CCN(CCNC(=O)c2cc(Cl)ccn2)CC1. The highest BCUT2D eigenvalue weighted by Crippen LogP contribution is 2.07. The molecule has 1 aromatic heterocycles. The number of likely N-dealkylation sites (N-methyl/N-ethyl adjacent to an activating group) is 1. The zero-order valence-corrected chi connectivity index (χ0v) is 11.9. The maximum Gasteiger partial charge on any atom is 0.269 e. The van der Waals surface area contributed by atoms with Crippen LogP contribution in [0, 0.1) is 0 Å². The third kappa shape index (κ3) is 4.45. The summed E-state index contributed by atoms with van der Waals surface area (Å²) in [4.78, 5) is 20.5. The Hall–Kier alpha value is -1.17. The van der Waals surface area contributed by atoms with E-state index < -0.39 is 0 Å². The van der Waals surface area contributed by atoms with Crippen molar-refractivity contribution < 1.29 is 4.79 Å². The van der Waals surface area contributed by atoms with Crippen molar-refractivity contribution in [1.82, 2.24) is 20.1 Å². The number of hydrogen-bond acceptors (Lipinski definition) is 4. The molecule has 0 atom stereocenters. The summed E-state index contributed by atoms with van der Waals surface area (Å²) in [6.45, 7) is 5.80. The Morgan fingerprint density at radius 3 is 2.84 bits per heavy atom. The van der Waals surface area contributed by atoms with Crippen molar-refractivity contribution in [3.8, 4) is 0 Å². The first-order chi connectivity index (χ1) is 9.15. The highest BCUT2D eigenvalue weighted by molar-refractivity contribution is 6.30. The first-order valence-electron chi connectivity index (χ1n) is 6.46. The predicted molar refractivity (Wildman–Crippen MR) is 75.5 cm³/mol. The van der Waals surface area contributed by atoms with Gasteiger partial charge < -0.3 is 10.2 Å². The molecule has 0 saturated carbocycles. The van der Waals surface area contributed by atoms with Gasteiger partial charge >= 0.3 is 0 Å². The normalized spacial score (nSPS) is 17.4. The quantitative estimate of drug-likeness (QED) is 0.884. The van der Waals surface area contributed by atoms with Crippen molar-refractivity contribution >= 4 is 17.5 Å². The van der Waals surface area contributed by atoms with E-state index in [0.29, 0.717) is 17.3 Å². The zero-order valence-electron chi connectivity index (χ0n) is 11.1. The van der Waals surface area contributed by atoms with Crippen molar-refractivity contribution in [2.45, 2.75) is 0 Å². The highest BCUT2D eigenvalue weighted by Gasteiger charge is 2.13. The van der Waals surface area contributed by atoms with Crippen LogP contribution in [0.2, 0.25) is 5.02 Å². The van der Waals surface area contributed by atoms with Gasteiger partial charge in [0, 0.05) is 50.5 Å². The summed E-state index contributed by atoms with van der Waals surface area (Å²) in [6.07, 6.45) is 1.54. The van der Waals surface area contributed by atoms with Gasteiger partial charge in [0.05, 0.1) is 0 Å². The van der Waals surface area contributed by atoms with E-state index in [1.807, 2.05) is 0 Å². The zero-order chi connectivity index (χ0) is 13.7. The van der Waals surface area contributed by atoms with E-state index in [-0.39, 0.29) is 5.91 Å². The molecule has 1 aliphatic rings. The van der Waals surface area contributed by atoms with Gasteiger partial charge in [-0.15, -0.1) is 0 Å². The fourth-order valence-corrected chi connectivity index (χ4v) is 2.18.